The van der Waals surface area contributed by atoms with Crippen molar-refractivity contribution >= 4 is 0 Å². The van der Waals surface area contributed by atoms with E-state index in [1.54, 1.807) is 0 Å². The first kappa shape index (κ1) is 12.1. The number of rotatable bonds is 6. The SMILES string of the molecule is CCOc1ccc(CCCCO)cc1C. The molecule has 0 aliphatic carbocycles. The maximum atomic E-state index is 8.69. The third-order valence-corrected chi connectivity index (χ3v) is 2.41. The van der Waals surface area contributed by atoms with Crippen LogP contribution in [0, 0.1) is 6.92 Å². The summed E-state index contributed by atoms with van der Waals surface area (Å²) in [6.07, 6.45) is 2.96. The molecular formula is C13H20O2. The van der Waals surface area contributed by atoms with Crippen molar-refractivity contribution in [1.29, 1.82) is 0 Å². The predicted molar refractivity (Wildman–Crippen MR) is 62.4 cm³/mol. The minimum Gasteiger partial charge on any atom is -0.494 e. The van der Waals surface area contributed by atoms with E-state index in [2.05, 4.69) is 19.1 Å². The van der Waals surface area contributed by atoms with Crippen LogP contribution >= 0.6 is 0 Å². The van der Waals surface area contributed by atoms with Gasteiger partial charge in [-0.25, -0.2) is 0 Å². The van der Waals surface area contributed by atoms with Crippen molar-refractivity contribution in [1.82, 2.24) is 0 Å². The van der Waals surface area contributed by atoms with Crippen LogP contribution < -0.4 is 4.74 Å². The maximum absolute atomic E-state index is 8.69. The van der Waals surface area contributed by atoms with Gasteiger partial charge in [-0.15, -0.1) is 0 Å². The van der Waals surface area contributed by atoms with Crippen LogP contribution in [-0.4, -0.2) is 18.3 Å². The van der Waals surface area contributed by atoms with Crippen molar-refractivity contribution in [3.63, 3.8) is 0 Å². The largest absolute Gasteiger partial charge is 0.494 e. The van der Waals surface area contributed by atoms with Crippen LogP contribution in [0.4, 0.5) is 0 Å². The summed E-state index contributed by atoms with van der Waals surface area (Å²) in [6, 6.07) is 6.31. The Kier molecular flexibility index (Phi) is 5.19. The lowest BCUT2D eigenvalue weighted by Crippen LogP contribution is -1.95. The van der Waals surface area contributed by atoms with E-state index in [9.17, 15) is 0 Å². The van der Waals surface area contributed by atoms with Gasteiger partial charge in [-0.05, 0) is 50.3 Å². The second-order valence-corrected chi connectivity index (χ2v) is 3.71. The topological polar surface area (TPSA) is 29.5 Å². The van der Waals surface area contributed by atoms with Crippen LogP contribution in [0.3, 0.4) is 0 Å². The van der Waals surface area contributed by atoms with Gasteiger partial charge in [0, 0.05) is 6.61 Å². The molecular weight excluding hydrogens is 188 g/mol. The molecule has 1 rings (SSSR count). The van der Waals surface area contributed by atoms with E-state index in [1.807, 2.05) is 13.0 Å². The zero-order valence-corrected chi connectivity index (χ0v) is 9.62. The first-order valence-corrected chi connectivity index (χ1v) is 5.61. The lowest BCUT2D eigenvalue weighted by molar-refractivity contribution is 0.284. The number of unbranched alkanes of at least 4 members (excludes halogenated alkanes) is 1. The number of aliphatic hydroxyl groups is 1. The molecule has 0 fully saturated rings. The molecule has 0 atom stereocenters. The average molecular weight is 208 g/mol. The third kappa shape index (κ3) is 3.92. The molecule has 0 radical (unpaired) electrons. The quantitative estimate of drug-likeness (QED) is 0.728. The molecule has 1 aromatic rings. The highest BCUT2D eigenvalue weighted by Gasteiger charge is 2.00. The van der Waals surface area contributed by atoms with Crippen LogP contribution in [0.15, 0.2) is 18.2 Å². The molecule has 1 N–H and O–H groups in total. The molecule has 0 amide bonds. The lowest BCUT2D eigenvalue weighted by Gasteiger charge is -2.08. The van der Waals surface area contributed by atoms with Crippen LogP contribution in [0.5, 0.6) is 5.75 Å². The Bertz CT molecular complexity index is 295. The highest BCUT2D eigenvalue weighted by Crippen LogP contribution is 2.20. The van der Waals surface area contributed by atoms with Crippen molar-refractivity contribution in [2.45, 2.75) is 33.1 Å². The van der Waals surface area contributed by atoms with Crippen molar-refractivity contribution in [3.05, 3.63) is 29.3 Å². The molecule has 0 spiro atoms. The van der Waals surface area contributed by atoms with Gasteiger partial charge in [0.25, 0.3) is 0 Å². The van der Waals surface area contributed by atoms with E-state index >= 15 is 0 Å². The van der Waals surface area contributed by atoms with Crippen molar-refractivity contribution in [2.75, 3.05) is 13.2 Å². The first-order chi connectivity index (χ1) is 7.27. The van der Waals surface area contributed by atoms with Crippen LogP contribution in [-0.2, 0) is 6.42 Å². The van der Waals surface area contributed by atoms with Crippen molar-refractivity contribution < 1.29 is 9.84 Å². The Hall–Kier alpha value is -1.02. The van der Waals surface area contributed by atoms with Crippen LogP contribution in [0.1, 0.15) is 30.9 Å². The van der Waals surface area contributed by atoms with E-state index in [-0.39, 0.29) is 6.61 Å². The average Bonchev–Trinajstić information content (AvgIpc) is 2.23. The molecule has 0 saturated carbocycles. The fourth-order valence-corrected chi connectivity index (χ4v) is 1.63. The van der Waals surface area contributed by atoms with Gasteiger partial charge in [-0.3, -0.25) is 0 Å². The summed E-state index contributed by atoms with van der Waals surface area (Å²) in [5, 5.41) is 8.69. The lowest BCUT2D eigenvalue weighted by atomic mass is 10.1. The molecule has 2 heteroatoms. The van der Waals surface area contributed by atoms with Crippen LogP contribution in [0.2, 0.25) is 0 Å². The van der Waals surface area contributed by atoms with Gasteiger partial charge in [0.15, 0.2) is 0 Å². The number of aryl methyl sites for hydroxylation is 2. The summed E-state index contributed by atoms with van der Waals surface area (Å²) < 4.78 is 5.48. The maximum Gasteiger partial charge on any atom is 0.122 e. The van der Waals surface area contributed by atoms with Crippen LogP contribution in [0.25, 0.3) is 0 Å². The molecule has 2 nitrogen and oxygen atoms in total. The van der Waals surface area contributed by atoms with Crippen molar-refractivity contribution in [2.24, 2.45) is 0 Å². The summed E-state index contributed by atoms with van der Waals surface area (Å²) in [4.78, 5) is 0. The minimum atomic E-state index is 0.288. The number of aliphatic hydroxyl groups excluding tert-OH is 1. The molecule has 0 bridgehead atoms. The third-order valence-electron chi connectivity index (χ3n) is 2.41. The molecule has 84 valence electrons. The number of benzene rings is 1. The first-order valence-electron chi connectivity index (χ1n) is 5.61. The fraction of sp³-hybridized carbons (Fsp3) is 0.538. The van der Waals surface area contributed by atoms with Gasteiger partial charge >= 0.3 is 0 Å². The molecule has 0 aliphatic heterocycles. The van der Waals surface area contributed by atoms with Gasteiger partial charge in [-0.2, -0.15) is 0 Å². The van der Waals surface area contributed by atoms with E-state index < -0.39 is 0 Å². The minimum absolute atomic E-state index is 0.288. The molecule has 0 heterocycles. The molecule has 15 heavy (non-hydrogen) atoms. The molecule has 0 aromatic heterocycles. The summed E-state index contributed by atoms with van der Waals surface area (Å²) in [6.45, 7) is 5.07. The van der Waals surface area contributed by atoms with Gasteiger partial charge < -0.3 is 9.84 Å². The Labute approximate surface area is 91.9 Å². The Morgan fingerprint density at radius 3 is 2.67 bits per heavy atom. The van der Waals surface area contributed by atoms with Gasteiger partial charge in [-0.1, -0.05) is 12.1 Å². The van der Waals surface area contributed by atoms with E-state index in [4.69, 9.17) is 9.84 Å². The monoisotopic (exact) mass is 208 g/mol. The Balaban J connectivity index is 2.56. The Morgan fingerprint density at radius 2 is 2.07 bits per heavy atom. The van der Waals surface area contributed by atoms with E-state index in [1.165, 1.54) is 11.1 Å². The second kappa shape index (κ2) is 6.46. The van der Waals surface area contributed by atoms with Gasteiger partial charge in [0.2, 0.25) is 0 Å². The molecule has 0 saturated heterocycles. The highest BCUT2D eigenvalue weighted by atomic mass is 16.5. The Morgan fingerprint density at radius 1 is 1.27 bits per heavy atom. The molecule has 0 unspecified atom stereocenters. The standard InChI is InChI=1S/C13H20O2/c1-3-15-13-8-7-12(10-11(13)2)6-4-5-9-14/h7-8,10,14H,3-6,9H2,1-2H3. The second-order valence-electron chi connectivity index (χ2n) is 3.71. The summed E-state index contributed by atoms with van der Waals surface area (Å²) in [7, 11) is 0. The van der Waals surface area contributed by atoms with E-state index in [0.29, 0.717) is 6.61 Å². The number of ether oxygens (including phenoxy) is 1. The summed E-state index contributed by atoms with van der Waals surface area (Å²) >= 11 is 0. The summed E-state index contributed by atoms with van der Waals surface area (Å²) in [5.41, 5.74) is 2.52. The zero-order valence-electron chi connectivity index (χ0n) is 9.62. The van der Waals surface area contributed by atoms with Gasteiger partial charge in [0.05, 0.1) is 6.61 Å². The normalized spacial score (nSPS) is 10.3. The molecule has 0 aliphatic rings. The highest BCUT2D eigenvalue weighted by molar-refractivity contribution is 5.36. The number of hydrogen-bond donors (Lipinski definition) is 1. The fourth-order valence-electron chi connectivity index (χ4n) is 1.63. The van der Waals surface area contributed by atoms with Crippen molar-refractivity contribution in [3.8, 4) is 5.75 Å². The predicted octanol–water partition coefficient (Wildman–Crippen LogP) is 2.71. The smallest absolute Gasteiger partial charge is 0.122 e. The molecule has 1 aromatic carbocycles. The number of hydrogen-bond acceptors (Lipinski definition) is 2. The summed E-state index contributed by atoms with van der Waals surface area (Å²) in [5.74, 6) is 0.975. The zero-order chi connectivity index (χ0) is 11.1. The van der Waals surface area contributed by atoms with Gasteiger partial charge in [0.1, 0.15) is 5.75 Å². The van der Waals surface area contributed by atoms with E-state index in [0.717, 1.165) is 25.0 Å².